The third-order valence-corrected chi connectivity index (χ3v) is 5.90. The Morgan fingerprint density at radius 3 is 2.29 bits per heavy atom. The van der Waals surface area contributed by atoms with Gasteiger partial charge in [-0.15, -0.1) is 4.40 Å². The van der Waals surface area contributed by atoms with Crippen LogP contribution in [0.15, 0.2) is 27.5 Å². The number of amides is 1. The summed E-state index contributed by atoms with van der Waals surface area (Å²) < 4.78 is 41.5. The third kappa shape index (κ3) is 8.89. The highest BCUT2D eigenvalue weighted by Gasteiger charge is 2.30. The largest absolute Gasteiger partial charge is 0.477 e. The van der Waals surface area contributed by atoms with Crippen LogP contribution in [0.3, 0.4) is 0 Å². The van der Waals surface area contributed by atoms with Gasteiger partial charge in [-0.1, -0.05) is 32.4 Å². The number of benzene rings is 1. The number of carbonyl (C=O) groups is 1. The Morgan fingerprint density at radius 2 is 1.77 bits per heavy atom. The van der Waals surface area contributed by atoms with Gasteiger partial charge in [-0.3, -0.25) is 0 Å². The smallest absolute Gasteiger partial charge is 0.407 e. The molecule has 1 amide bonds. The molecule has 31 heavy (non-hydrogen) atoms. The minimum Gasteiger partial charge on any atom is -0.477 e. The van der Waals surface area contributed by atoms with Crippen molar-refractivity contribution in [3.63, 3.8) is 0 Å². The Labute approximate surface area is 187 Å². The predicted molar refractivity (Wildman–Crippen MR) is 124 cm³/mol. The van der Waals surface area contributed by atoms with E-state index in [9.17, 15) is 13.2 Å². The van der Waals surface area contributed by atoms with Gasteiger partial charge in [0.15, 0.2) is 0 Å². The Balaban J connectivity index is 3.33. The van der Waals surface area contributed by atoms with Crippen LogP contribution in [0.25, 0.3) is 0 Å². The second-order valence-electron chi connectivity index (χ2n) is 9.17. The van der Waals surface area contributed by atoms with Gasteiger partial charge in [0.25, 0.3) is 10.0 Å². The molecule has 0 aromatic heterocycles. The summed E-state index contributed by atoms with van der Waals surface area (Å²) in [6.07, 6.45) is 0.561. The molecule has 7 nitrogen and oxygen atoms in total. The van der Waals surface area contributed by atoms with E-state index < -0.39 is 33.7 Å². The molecule has 0 spiro atoms. The van der Waals surface area contributed by atoms with Crippen LogP contribution in [0.1, 0.15) is 72.4 Å². The minimum atomic E-state index is -3.99. The number of alkyl carbamates (subject to hydrolysis) is 1. The van der Waals surface area contributed by atoms with Crippen LogP contribution in [-0.2, 0) is 19.5 Å². The fourth-order valence-electron chi connectivity index (χ4n) is 3.00. The summed E-state index contributed by atoms with van der Waals surface area (Å²) in [5, 5.41) is 2.86. The van der Waals surface area contributed by atoms with Crippen LogP contribution in [-0.4, -0.2) is 38.2 Å². The summed E-state index contributed by atoms with van der Waals surface area (Å²) in [4.78, 5) is 12.5. The van der Waals surface area contributed by atoms with E-state index in [0.717, 1.165) is 12.0 Å². The topological polar surface area (TPSA) is 94.1 Å². The normalized spacial score (nSPS) is 14.8. The van der Waals surface area contributed by atoms with Crippen molar-refractivity contribution in [2.45, 2.75) is 97.8 Å². The number of rotatable bonds is 8. The Morgan fingerprint density at radius 1 is 1.16 bits per heavy atom. The van der Waals surface area contributed by atoms with Gasteiger partial charge >= 0.3 is 6.09 Å². The molecule has 2 atom stereocenters. The lowest BCUT2D eigenvalue weighted by atomic mass is 9.97. The van der Waals surface area contributed by atoms with Gasteiger partial charge < -0.3 is 14.8 Å². The molecule has 176 valence electrons. The van der Waals surface area contributed by atoms with Gasteiger partial charge in [0, 0.05) is 6.04 Å². The first-order chi connectivity index (χ1) is 14.2. The summed E-state index contributed by atoms with van der Waals surface area (Å²) in [6.45, 7) is 16.3. The number of hydrogen-bond donors (Lipinski definition) is 1. The van der Waals surface area contributed by atoms with E-state index in [1.807, 2.05) is 33.8 Å². The Kier molecular flexibility index (Phi) is 9.54. The lowest BCUT2D eigenvalue weighted by Gasteiger charge is -2.28. The van der Waals surface area contributed by atoms with Gasteiger partial charge in [0.2, 0.25) is 5.90 Å². The van der Waals surface area contributed by atoms with Crippen molar-refractivity contribution in [1.82, 2.24) is 5.32 Å². The SMILES string of the molecule is CCC[C@@H](NC(=O)OC(C)(C)C)[C@@H](C)/C(=N\S(=O)(=O)c1cc(C)ccc1C)OC(C)C. The van der Waals surface area contributed by atoms with Crippen molar-refractivity contribution in [2.24, 2.45) is 10.3 Å². The molecule has 1 N–H and O–H groups in total. The summed E-state index contributed by atoms with van der Waals surface area (Å²) in [5.74, 6) is -0.403. The molecule has 1 rings (SSSR count). The zero-order valence-electron chi connectivity index (χ0n) is 20.3. The fourth-order valence-corrected chi connectivity index (χ4v) is 4.35. The van der Waals surface area contributed by atoms with Crippen LogP contribution in [0.2, 0.25) is 0 Å². The Hall–Kier alpha value is -2.09. The quantitative estimate of drug-likeness (QED) is 0.433. The second-order valence-corrected chi connectivity index (χ2v) is 10.7. The van der Waals surface area contributed by atoms with E-state index in [-0.39, 0.29) is 16.9 Å². The molecule has 0 saturated heterocycles. The van der Waals surface area contributed by atoms with Crippen LogP contribution in [0, 0.1) is 19.8 Å². The van der Waals surface area contributed by atoms with Gasteiger partial charge in [-0.2, -0.15) is 8.42 Å². The van der Waals surface area contributed by atoms with Crippen molar-refractivity contribution in [1.29, 1.82) is 0 Å². The highest BCUT2D eigenvalue weighted by Crippen LogP contribution is 2.22. The number of carbonyl (C=O) groups excluding carboxylic acids is 1. The number of hydrogen-bond acceptors (Lipinski definition) is 5. The lowest BCUT2D eigenvalue weighted by Crippen LogP contribution is -2.45. The molecule has 0 unspecified atom stereocenters. The molecule has 1 aromatic rings. The van der Waals surface area contributed by atoms with Crippen molar-refractivity contribution >= 4 is 22.0 Å². The average Bonchev–Trinajstić information content (AvgIpc) is 2.60. The van der Waals surface area contributed by atoms with E-state index >= 15 is 0 Å². The fraction of sp³-hybridized carbons (Fsp3) is 0.652. The van der Waals surface area contributed by atoms with Crippen molar-refractivity contribution in [3.8, 4) is 0 Å². The zero-order valence-corrected chi connectivity index (χ0v) is 21.1. The molecule has 0 aliphatic rings. The summed E-state index contributed by atoms with van der Waals surface area (Å²) in [7, 11) is -3.99. The van der Waals surface area contributed by atoms with E-state index in [1.165, 1.54) is 0 Å². The standard InChI is InChI=1S/C23H38N2O5S/c1-10-11-19(24-22(26)30-23(7,8)9)18(6)21(29-15(2)3)25-31(27,28)20-14-16(4)12-13-17(20)5/h12-15,18-19H,10-11H2,1-9H3,(H,24,26)/b25-21+/t18-,19-/m1/s1. The van der Waals surface area contributed by atoms with Crippen LogP contribution >= 0.6 is 0 Å². The molecular formula is C23H38N2O5S. The third-order valence-electron chi connectivity index (χ3n) is 4.48. The average molecular weight is 455 g/mol. The first-order valence-electron chi connectivity index (χ1n) is 10.7. The highest BCUT2D eigenvalue weighted by molar-refractivity contribution is 7.90. The molecule has 0 aliphatic carbocycles. The van der Waals surface area contributed by atoms with Crippen LogP contribution < -0.4 is 5.32 Å². The maximum atomic E-state index is 13.1. The number of nitrogens with one attached hydrogen (secondary N) is 1. The minimum absolute atomic E-state index is 0.0745. The summed E-state index contributed by atoms with van der Waals surface area (Å²) in [6, 6.07) is 4.82. The number of sulfonamides is 1. The van der Waals surface area contributed by atoms with Crippen molar-refractivity contribution in [2.75, 3.05) is 0 Å². The van der Waals surface area contributed by atoms with Crippen molar-refractivity contribution < 1.29 is 22.7 Å². The second kappa shape index (κ2) is 11.0. The highest BCUT2D eigenvalue weighted by atomic mass is 32.2. The molecule has 0 fully saturated rings. The Bertz CT molecular complexity index is 886. The van der Waals surface area contributed by atoms with Crippen LogP contribution in [0.5, 0.6) is 0 Å². The van der Waals surface area contributed by atoms with E-state index in [4.69, 9.17) is 9.47 Å². The van der Waals surface area contributed by atoms with Crippen molar-refractivity contribution in [3.05, 3.63) is 29.3 Å². The van der Waals surface area contributed by atoms with Gasteiger partial charge in [-0.05, 0) is 72.1 Å². The van der Waals surface area contributed by atoms with Gasteiger partial charge in [0.05, 0.1) is 16.9 Å². The first-order valence-corrected chi connectivity index (χ1v) is 12.2. The van der Waals surface area contributed by atoms with Crippen LogP contribution in [0.4, 0.5) is 4.79 Å². The molecule has 1 aromatic carbocycles. The maximum Gasteiger partial charge on any atom is 0.407 e. The molecule has 0 radical (unpaired) electrons. The summed E-state index contributed by atoms with van der Waals surface area (Å²) in [5.41, 5.74) is 0.804. The number of ether oxygens (including phenoxy) is 2. The first kappa shape index (κ1) is 26.9. The molecule has 8 heteroatoms. The summed E-state index contributed by atoms with van der Waals surface area (Å²) >= 11 is 0. The van der Waals surface area contributed by atoms with E-state index in [1.54, 1.807) is 46.8 Å². The monoisotopic (exact) mass is 454 g/mol. The predicted octanol–water partition coefficient (Wildman–Crippen LogP) is 5.15. The number of aryl methyl sites for hydroxylation is 2. The molecular weight excluding hydrogens is 416 g/mol. The molecule has 0 aliphatic heterocycles. The van der Waals surface area contributed by atoms with E-state index in [0.29, 0.717) is 12.0 Å². The lowest BCUT2D eigenvalue weighted by molar-refractivity contribution is 0.0489. The zero-order chi connectivity index (χ0) is 24.0. The molecule has 0 bridgehead atoms. The maximum absolute atomic E-state index is 13.1. The number of nitrogens with zero attached hydrogens (tertiary/aromatic N) is 1. The molecule has 0 saturated carbocycles. The van der Waals surface area contributed by atoms with E-state index in [2.05, 4.69) is 9.71 Å². The van der Waals surface area contributed by atoms with Gasteiger partial charge in [-0.25, -0.2) is 4.79 Å². The molecule has 0 heterocycles. The van der Waals surface area contributed by atoms with Gasteiger partial charge in [0.1, 0.15) is 5.60 Å².